The largest absolute Gasteiger partial charge is 0.465 e. The van der Waals surface area contributed by atoms with Crippen LogP contribution in [-0.4, -0.2) is 24.5 Å². The molecule has 0 aliphatic heterocycles. The summed E-state index contributed by atoms with van der Waals surface area (Å²) in [6, 6.07) is 7.48. The number of benzene rings is 1. The highest BCUT2D eigenvalue weighted by molar-refractivity contribution is 7.21. The van der Waals surface area contributed by atoms with E-state index in [9.17, 15) is 9.59 Å². The SMILES string of the molecule is CCC(C)(N)C(=O)Nc1c(C(=O)OC)sc2ccccc12. The summed E-state index contributed by atoms with van der Waals surface area (Å²) in [6.07, 6.45) is 0.495. The summed E-state index contributed by atoms with van der Waals surface area (Å²) < 4.78 is 5.69. The van der Waals surface area contributed by atoms with E-state index in [1.54, 1.807) is 6.92 Å². The number of ether oxygens (including phenoxy) is 1. The number of hydrogen-bond donors (Lipinski definition) is 2. The van der Waals surface area contributed by atoms with E-state index in [0.29, 0.717) is 17.0 Å². The van der Waals surface area contributed by atoms with E-state index in [-0.39, 0.29) is 5.91 Å². The summed E-state index contributed by atoms with van der Waals surface area (Å²) in [7, 11) is 1.32. The van der Waals surface area contributed by atoms with Crippen LogP contribution in [0, 0.1) is 0 Å². The highest BCUT2D eigenvalue weighted by atomic mass is 32.1. The summed E-state index contributed by atoms with van der Waals surface area (Å²) in [5.41, 5.74) is 5.43. The van der Waals surface area contributed by atoms with Gasteiger partial charge in [-0.2, -0.15) is 0 Å². The van der Waals surface area contributed by atoms with Crippen molar-refractivity contribution >= 4 is 39.0 Å². The van der Waals surface area contributed by atoms with Crippen molar-refractivity contribution in [1.29, 1.82) is 0 Å². The van der Waals surface area contributed by atoms with Gasteiger partial charge in [-0.15, -0.1) is 11.3 Å². The maximum absolute atomic E-state index is 12.3. The van der Waals surface area contributed by atoms with E-state index >= 15 is 0 Å². The molecule has 0 spiro atoms. The van der Waals surface area contributed by atoms with Crippen LogP contribution in [0.15, 0.2) is 24.3 Å². The number of methoxy groups -OCH3 is 1. The molecule has 0 aliphatic carbocycles. The Morgan fingerprint density at radius 3 is 2.67 bits per heavy atom. The van der Waals surface area contributed by atoms with Crippen LogP contribution in [0.2, 0.25) is 0 Å². The summed E-state index contributed by atoms with van der Waals surface area (Å²) >= 11 is 1.29. The van der Waals surface area contributed by atoms with Gasteiger partial charge >= 0.3 is 5.97 Å². The van der Waals surface area contributed by atoms with Gasteiger partial charge in [0.1, 0.15) is 4.88 Å². The number of thiophene rings is 1. The molecule has 0 fully saturated rings. The molecule has 2 aromatic rings. The molecular formula is C15H18N2O3S. The standard InChI is InChI=1S/C15H18N2O3S/c1-4-15(2,16)14(19)17-11-9-7-5-6-8-10(9)21-12(11)13(18)20-3/h5-8H,4,16H2,1-3H3,(H,17,19). The lowest BCUT2D eigenvalue weighted by Gasteiger charge is -2.21. The average Bonchev–Trinajstić information content (AvgIpc) is 2.85. The molecule has 1 heterocycles. The van der Waals surface area contributed by atoms with Crippen LogP contribution in [0.3, 0.4) is 0 Å². The van der Waals surface area contributed by atoms with Crippen LogP contribution in [0.5, 0.6) is 0 Å². The van der Waals surface area contributed by atoms with Gasteiger partial charge in [0.15, 0.2) is 0 Å². The number of anilines is 1. The molecule has 1 amide bonds. The van der Waals surface area contributed by atoms with Gasteiger partial charge in [-0.3, -0.25) is 4.79 Å². The van der Waals surface area contributed by atoms with Gasteiger partial charge in [0.2, 0.25) is 5.91 Å². The molecule has 1 aromatic heterocycles. The number of nitrogens with one attached hydrogen (secondary N) is 1. The molecule has 1 unspecified atom stereocenters. The monoisotopic (exact) mass is 306 g/mol. The Kier molecular flexibility index (Phi) is 4.29. The second-order valence-corrected chi connectivity index (χ2v) is 6.07. The van der Waals surface area contributed by atoms with Crippen LogP contribution in [0.1, 0.15) is 29.9 Å². The van der Waals surface area contributed by atoms with Gasteiger partial charge in [-0.1, -0.05) is 25.1 Å². The van der Waals surface area contributed by atoms with Crippen LogP contribution in [0.25, 0.3) is 10.1 Å². The molecular weight excluding hydrogens is 288 g/mol. The molecule has 2 rings (SSSR count). The minimum Gasteiger partial charge on any atom is -0.465 e. The summed E-state index contributed by atoms with van der Waals surface area (Å²) in [4.78, 5) is 24.6. The first-order chi connectivity index (χ1) is 9.90. The van der Waals surface area contributed by atoms with Crippen LogP contribution < -0.4 is 11.1 Å². The van der Waals surface area contributed by atoms with Gasteiger partial charge in [0.05, 0.1) is 18.3 Å². The Morgan fingerprint density at radius 1 is 1.38 bits per heavy atom. The number of amides is 1. The minimum atomic E-state index is -0.990. The molecule has 112 valence electrons. The second-order valence-electron chi connectivity index (χ2n) is 5.02. The number of nitrogens with two attached hydrogens (primary N) is 1. The van der Waals surface area contributed by atoms with E-state index in [1.165, 1.54) is 18.4 Å². The molecule has 0 aliphatic rings. The van der Waals surface area contributed by atoms with Gasteiger partial charge in [-0.25, -0.2) is 4.79 Å². The lowest BCUT2D eigenvalue weighted by atomic mass is 9.99. The van der Waals surface area contributed by atoms with E-state index in [1.807, 2.05) is 31.2 Å². The van der Waals surface area contributed by atoms with Crippen molar-refractivity contribution in [1.82, 2.24) is 0 Å². The molecule has 5 nitrogen and oxygen atoms in total. The maximum Gasteiger partial charge on any atom is 0.350 e. The minimum absolute atomic E-state index is 0.321. The van der Waals surface area contributed by atoms with Crippen molar-refractivity contribution in [2.24, 2.45) is 5.73 Å². The van der Waals surface area contributed by atoms with E-state index in [2.05, 4.69) is 5.32 Å². The van der Waals surface area contributed by atoms with Crippen LogP contribution in [-0.2, 0) is 9.53 Å². The normalized spacial score (nSPS) is 13.7. The van der Waals surface area contributed by atoms with Gasteiger partial charge < -0.3 is 15.8 Å². The molecule has 6 heteroatoms. The fraction of sp³-hybridized carbons (Fsp3) is 0.333. The number of carbonyl (C=O) groups excluding carboxylic acids is 2. The zero-order valence-electron chi connectivity index (χ0n) is 12.2. The van der Waals surface area contributed by atoms with Crippen molar-refractivity contribution in [3.8, 4) is 0 Å². The molecule has 0 radical (unpaired) electrons. The average molecular weight is 306 g/mol. The zero-order valence-corrected chi connectivity index (χ0v) is 13.0. The molecule has 1 atom stereocenters. The van der Waals surface area contributed by atoms with Crippen molar-refractivity contribution in [3.05, 3.63) is 29.1 Å². The topological polar surface area (TPSA) is 81.4 Å². The Morgan fingerprint density at radius 2 is 2.05 bits per heavy atom. The number of hydrogen-bond acceptors (Lipinski definition) is 5. The van der Waals surface area contributed by atoms with Gasteiger partial charge in [0.25, 0.3) is 0 Å². The van der Waals surface area contributed by atoms with Crippen molar-refractivity contribution in [3.63, 3.8) is 0 Å². The fourth-order valence-corrected chi connectivity index (χ4v) is 2.90. The predicted molar refractivity (Wildman–Crippen MR) is 84.7 cm³/mol. The molecule has 0 saturated heterocycles. The van der Waals surface area contributed by atoms with E-state index in [0.717, 1.165) is 10.1 Å². The molecule has 21 heavy (non-hydrogen) atoms. The van der Waals surface area contributed by atoms with Crippen LogP contribution >= 0.6 is 11.3 Å². The maximum atomic E-state index is 12.3. The third-order valence-corrected chi connectivity index (χ3v) is 4.61. The Bertz CT molecular complexity index is 691. The highest BCUT2D eigenvalue weighted by Gasteiger charge is 2.29. The zero-order chi connectivity index (χ0) is 15.6. The van der Waals surface area contributed by atoms with Crippen molar-refractivity contribution in [2.45, 2.75) is 25.8 Å². The number of fused-ring (bicyclic) bond motifs is 1. The molecule has 3 N–H and O–H groups in total. The second kappa shape index (κ2) is 5.83. The number of carbonyl (C=O) groups is 2. The van der Waals surface area contributed by atoms with E-state index < -0.39 is 11.5 Å². The summed E-state index contributed by atoms with van der Waals surface area (Å²) in [6.45, 7) is 3.50. The lowest BCUT2D eigenvalue weighted by Crippen LogP contribution is -2.47. The first kappa shape index (κ1) is 15.5. The Hall–Kier alpha value is -1.92. The molecule has 0 bridgehead atoms. The Labute approximate surface area is 127 Å². The Balaban J connectivity index is 2.51. The quantitative estimate of drug-likeness (QED) is 0.851. The molecule has 1 aromatic carbocycles. The van der Waals surface area contributed by atoms with Gasteiger partial charge in [0, 0.05) is 10.1 Å². The first-order valence-electron chi connectivity index (χ1n) is 6.61. The lowest BCUT2D eigenvalue weighted by molar-refractivity contribution is -0.120. The highest BCUT2D eigenvalue weighted by Crippen LogP contribution is 2.36. The summed E-state index contributed by atoms with van der Waals surface area (Å²) in [5, 5.41) is 3.59. The number of rotatable bonds is 4. The first-order valence-corrected chi connectivity index (χ1v) is 7.42. The third kappa shape index (κ3) is 2.91. The number of esters is 1. The third-order valence-electron chi connectivity index (χ3n) is 3.46. The summed E-state index contributed by atoms with van der Waals surface area (Å²) in [5.74, 6) is -0.791. The predicted octanol–water partition coefficient (Wildman–Crippen LogP) is 2.75. The van der Waals surface area contributed by atoms with Crippen molar-refractivity contribution in [2.75, 3.05) is 12.4 Å². The van der Waals surface area contributed by atoms with Crippen LogP contribution in [0.4, 0.5) is 5.69 Å². The fourth-order valence-electron chi connectivity index (χ4n) is 1.82. The molecule has 0 saturated carbocycles. The van der Waals surface area contributed by atoms with Gasteiger partial charge in [-0.05, 0) is 19.4 Å². The van der Waals surface area contributed by atoms with E-state index in [4.69, 9.17) is 10.5 Å². The smallest absolute Gasteiger partial charge is 0.350 e. The van der Waals surface area contributed by atoms with Crippen molar-refractivity contribution < 1.29 is 14.3 Å².